The van der Waals surface area contributed by atoms with Gasteiger partial charge in [0.25, 0.3) is 0 Å². The van der Waals surface area contributed by atoms with Crippen LogP contribution in [0.3, 0.4) is 0 Å². The molecule has 1 fully saturated rings. The number of carbonyl (C=O) groups is 1. The number of nitrogens with zero attached hydrogens (tertiary/aromatic N) is 3. The largest absolute Gasteiger partial charge is 0.465 e. The van der Waals surface area contributed by atoms with Crippen molar-refractivity contribution in [1.29, 1.82) is 0 Å². The maximum Gasteiger partial charge on any atom is 0.407 e. The first-order valence-corrected chi connectivity index (χ1v) is 7.62. The average Bonchev–Trinajstić information content (AvgIpc) is 3.31. The van der Waals surface area contributed by atoms with Crippen LogP contribution in [-0.4, -0.2) is 32.4 Å². The Morgan fingerprint density at radius 2 is 2.05 bits per heavy atom. The van der Waals surface area contributed by atoms with Gasteiger partial charge in [-0.15, -0.1) is 0 Å². The highest BCUT2D eigenvalue weighted by Gasteiger charge is 2.33. The highest BCUT2D eigenvalue weighted by molar-refractivity contribution is 5.67. The maximum atomic E-state index is 11.3. The predicted molar refractivity (Wildman–Crippen MR) is 82.4 cm³/mol. The van der Waals surface area contributed by atoms with Gasteiger partial charge >= 0.3 is 6.09 Å². The monoisotopic (exact) mass is 298 g/mol. The molecular weight excluding hydrogens is 280 g/mol. The minimum Gasteiger partial charge on any atom is -0.465 e. The number of aromatic nitrogens is 2. The van der Waals surface area contributed by atoms with E-state index in [1.807, 2.05) is 30.3 Å². The van der Waals surface area contributed by atoms with Crippen LogP contribution in [0.4, 0.5) is 16.3 Å². The van der Waals surface area contributed by atoms with E-state index in [4.69, 9.17) is 5.10 Å². The second kappa shape index (κ2) is 5.05. The number of carboxylic acid groups (broad SMARTS) is 1. The second-order valence-corrected chi connectivity index (χ2v) is 5.89. The third kappa shape index (κ3) is 2.30. The SMILES string of the molecule is O=C(O)N1CCc2nn(C3CC3)c(Nc3ccccc3)c2C1. The molecule has 6 heteroatoms. The Labute approximate surface area is 128 Å². The van der Waals surface area contributed by atoms with Crippen molar-refractivity contribution in [3.8, 4) is 0 Å². The van der Waals surface area contributed by atoms with Gasteiger partial charge in [-0.1, -0.05) is 18.2 Å². The smallest absolute Gasteiger partial charge is 0.407 e. The summed E-state index contributed by atoms with van der Waals surface area (Å²) in [5.74, 6) is 0.953. The highest BCUT2D eigenvalue weighted by atomic mass is 16.4. The van der Waals surface area contributed by atoms with Crippen molar-refractivity contribution in [2.75, 3.05) is 11.9 Å². The van der Waals surface area contributed by atoms with E-state index in [-0.39, 0.29) is 0 Å². The first-order valence-electron chi connectivity index (χ1n) is 7.62. The molecule has 114 valence electrons. The fourth-order valence-corrected chi connectivity index (χ4v) is 2.93. The molecule has 0 bridgehead atoms. The van der Waals surface area contributed by atoms with Crippen molar-refractivity contribution in [3.63, 3.8) is 0 Å². The van der Waals surface area contributed by atoms with E-state index in [0.717, 1.165) is 35.6 Å². The van der Waals surface area contributed by atoms with Crippen molar-refractivity contribution in [3.05, 3.63) is 41.6 Å². The van der Waals surface area contributed by atoms with Crippen molar-refractivity contribution < 1.29 is 9.90 Å². The van der Waals surface area contributed by atoms with E-state index in [9.17, 15) is 9.90 Å². The number of nitrogens with one attached hydrogen (secondary N) is 1. The van der Waals surface area contributed by atoms with Crippen LogP contribution in [-0.2, 0) is 13.0 Å². The van der Waals surface area contributed by atoms with Gasteiger partial charge in [0.15, 0.2) is 0 Å². The number of anilines is 2. The van der Waals surface area contributed by atoms with Crippen molar-refractivity contribution in [2.24, 2.45) is 0 Å². The normalized spacial score (nSPS) is 17.2. The maximum absolute atomic E-state index is 11.3. The minimum absolute atomic E-state index is 0.409. The number of fused-ring (bicyclic) bond motifs is 1. The van der Waals surface area contributed by atoms with Crippen LogP contribution >= 0.6 is 0 Å². The molecule has 1 aliphatic heterocycles. The molecule has 4 rings (SSSR count). The number of hydrogen-bond donors (Lipinski definition) is 2. The van der Waals surface area contributed by atoms with Crippen LogP contribution in [0, 0.1) is 0 Å². The zero-order valence-corrected chi connectivity index (χ0v) is 12.2. The summed E-state index contributed by atoms with van der Waals surface area (Å²) in [6, 6.07) is 10.4. The van der Waals surface area contributed by atoms with Crippen LogP contribution < -0.4 is 5.32 Å². The third-order valence-electron chi connectivity index (χ3n) is 4.26. The Hall–Kier alpha value is -2.50. The summed E-state index contributed by atoms with van der Waals surface area (Å²) in [4.78, 5) is 12.7. The molecule has 1 aromatic carbocycles. The van der Waals surface area contributed by atoms with Crippen LogP contribution in [0.1, 0.15) is 30.1 Å². The Morgan fingerprint density at radius 3 is 2.73 bits per heavy atom. The van der Waals surface area contributed by atoms with Gasteiger partial charge in [0.2, 0.25) is 0 Å². The Balaban J connectivity index is 1.72. The highest BCUT2D eigenvalue weighted by Crippen LogP contribution is 2.40. The summed E-state index contributed by atoms with van der Waals surface area (Å²) in [5.41, 5.74) is 3.05. The van der Waals surface area contributed by atoms with Gasteiger partial charge in [0.05, 0.1) is 18.3 Å². The van der Waals surface area contributed by atoms with Gasteiger partial charge in [-0.25, -0.2) is 9.48 Å². The van der Waals surface area contributed by atoms with Crippen molar-refractivity contribution >= 4 is 17.6 Å². The molecule has 22 heavy (non-hydrogen) atoms. The number of rotatable bonds is 3. The lowest BCUT2D eigenvalue weighted by molar-refractivity contribution is 0.140. The van der Waals surface area contributed by atoms with Crippen LogP contribution in [0.25, 0.3) is 0 Å². The first kappa shape index (κ1) is 13.2. The number of para-hydroxylation sites is 1. The van der Waals surface area contributed by atoms with Gasteiger partial charge in [0.1, 0.15) is 5.82 Å². The van der Waals surface area contributed by atoms with Crippen LogP contribution in [0.15, 0.2) is 30.3 Å². The zero-order valence-electron chi connectivity index (χ0n) is 12.2. The van der Waals surface area contributed by atoms with E-state index in [2.05, 4.69) is 10.00 Å². The standard InChI is InChI=1S/C16H18N4O2/c21-16(22)19-9-8-14-13(10-19)15(20(18-14)12-6-7-12)17-11-4-2-1-3-5-11/h1-5,12,17H,6-10H2,(H,21,22). The van der Waals surface area contributed by atoms with E-state index >= 15 is 0 Å². The lowest BCUT2D eigenvalue weighted by Gasteiger charge is -2.24. The summed E-state index contributed by atoms with van der Waals surface area (Å²) in [5, 5.41) is 17.4. The number of hydrogen-bond acceptors (Lipinski definition) is 3. The molecule has 1 aliphatic carbocycles. The summed E-state index contributed by atoms with van der Waals surface area (Å²) in [6.45, 7) is 0.932. The fourth-order valence-electron chi connectivity index (χ4n) is 2.93. The predicted octanol–water partition coefficient (Wildman–Crippen LogP) is 3.00. The molecule has 0 unspecified atom stereocenters. The molecule has 6 nitrogen and oxygen atoms in total. The second-order valence-electron chi connectivity index (χ2n) is 5.89. The molecule has 0 atom stereocenters. The Kier molecular flexibility index (Phi) is 3.03. The van der Waals surface area contributed by atoms with Crippen LogP contribution in [0.5, 0.6) is 0 Å². The van der Waals surface area contributed by atoms with Gasteiger partial charge < -0.3 is 15.3 Å². The Morgan fingerprint density at radius 1 is 1.27 bits per heavy atom. The van der Waals surface area contributed by atoms with Crippen LogP contribution in [0.2, 0.25) is 0 Å². The molecule has 2 aliphatic rings. The molecule has 2 N–H and O–H groups in total. The molecule has 1 amide bonds. The van der Waals surface area contributed by atoms with Gasteiger partial charge in [-0.2, -0.15) is 5.10 Å². The minimum atomic E-state index is -0.865. The van der Waals surface area contributed by atoms with Gasteiger partial charge in [-0.3, -0.25) is 0 Å². The third-order valence-corrected chi connectivity index (χ3v) is 4.26. The molecule has 1 aromatic heterocycles. The fraction of sp³-hybridized carbons (Fsp3) is 0.375. The molecule has 1 saturated carbocycles. The van der Waals surface area contributed by atoms with Crippen molar-refractivity contribution in [2.45, 2.75) is 31.8 Å². The zero-order chi connectivity index (χ0) is 15.1. The van der Waals surface area contributed by atoms with Gasteiger partial charge in [0, 0.05) is 24.2 Å². The van der Waals surface area contributed by atoms with E-state index in [1.54, 1.807) is 0 Å². The summed E-state index contributed by atoms with van der Waals surface area (Å²) >= 11 is 0. The average molecular weight is 298 g/mol. The van der Waals surface area contributed by atoms with E-state index in [1.165, 1.54) is 4.90 Å². The molecule has 0 saturated heterocycles. The Bertz CT molecular complexity index is 706. The number of benzene rings is 1. The number of amides is 1. The van der Waals surface area contributed by atoms with E-state index in [0.29, 0.717) is 25.6 Å². The molecule has 2 aromatic rings. The summed E-state index contributed by atoms with van der Waals surface area (Å²) in [7, 11) is 0. The quantitative estimate of drug-likeness (QED) is 0.914. The molecule has 2 heterocycles. The first-order chi connectivity index (χ1) is 10.7. The molecular formula is C16H18N4O2. The summed E-state index contributed by atoms with van der Waals surface area (Å²) in [6.07, 6.45) is 2.11. The summed E-state index contributed by atoms with van der Waals surface area (Å²) < 4.78 is 2.06. The van der Waals surface area contributed by atoms with E-state index < -0.39 is 6.09 Å². The molecule has 0 spiro atoms. The van der Waals surface area contributed by atoms with Gasteiger partial charge in [-0.05, 0) is 25.0 Å². The lowest BCUT2D eigenvalue weighted by atomic mass is 10.1. The topological polar surface area (TPSA) is 70.4 Å². The van der Waals surface area contributed by atoms with Crippen molar-refractivity contribution in [1.82, 2.24) is 14.7 Å². The lowest BCUT2D eigenvalue weighted by Crippen LogP contribution is -2.34. The molecule has 0 radical (unpaired) electrons.